The maximum Gasteiger partial charge on any atom is 0.263 e. The number of aliphatic hydroxyl groups excluding tert-OH is 1. The number of anilines is 3. The molecule has 0 bridgehead atoms. The number of ether oxygens (including phenoxy) is 4. The number of hydrogen-bond donors (Lipinski definition) is 3. The number of benzene rings is 3. The molecule has 0 atom stereocenters. The van der Waals surface area contributed by atoms with Crippen LogP contribution in [0.3, 0.4) is 0 Å². The molecule has 0 saturated carbocycles. The van der Waals surface area contributed by atoms with Crippen LogP contribution in [0.4, 0.5) is 26.1 Å². The first-order chi connectivity index (χ1) is 19.2. The summed E-state index contributed by atoms with van der Waals surface area (Å²) in [5.74, 6) is -1.83. The Morgan fingerprint density at radius 3 is 2.25 bits per heavy atom. The van der Waals surface area contributed by atoms with Crippen LogP contribution < -0.4 is 24.2 Å². The lowest BCUT2D eigenvalue weighted by atomic mass is 10.2. The minimum absolute atomic E-state index is 0.0263. The predicted molar refractivity (Wildman–Crippen MR) is 143 cm³/mol. The van der Waals surface area contributed by atoms with Crippen molar-refractivity contribution in [2.75, 3.05) is 50.7 Å². The van der Waals surface area contributed by atoms with Crippen molar-refractivity contribution in [3.63, 3.8) is 0 Å². The zero-order valence-electron chi connectivity index (χ0n) is 21.5. The van der Waals surface area contributed by atoms with Gasteiger partial charge in [0.15, 0.2) is 34.8 Å². The van der Waals surface area contributed by atoms with Crippen molar-refractivity contribution in [3.05, 3.63) is 66.2 Å². The third-order valence-corrected chi connectivity index (χ3v) is 6.79. The van der Waals surface area contributed by atoms with E-state index in [2.05, 4.69) is 20.0 Å². The Balaban J connectivity index is 1.77. The number of methoxy groups -OCH3 is 2. The van der Waals surface area contributed by atoms with Crippen molar-refractivity contribution in [2.24, 2.45) is 0 Å². The first-order valence-electron chi connectivity index (χ1n) is 11.8. The van der Waals surface area contributed by atoms with Gasteiger partial charge in [-0.1, -0.05) is 12.1 Å². The second kappa shape index (κ2) is 12.7. The number of rotatable bonds is 13. The Labute approximate surface area is 228 Å². The predicted octanol–water partition coefficient (Wildman–Crippen LogP) is 3.86. The summed E-state index contributed by atoms with van der Waals surface area (Å²) in [6.07, 6.45) is 0. The number of sulfonamides is 1. The highest BCUT2D eigenvalue weighted by Gasteiger charge is 2.22. The fourth-order valence-electron chi connectivity index (χ4n) is 3.57. The van der Waals surface area contributed by atoms with Crippen molar-refractivity contribution < 1.29 is 41.3 Å². The molecule has 1 aromatic heterocycles. The number of nitrogens with zero attached hydrogens (tertiary/aromatic N) is 2. The fourth-order valence-corrected chi connectivity index (χ4v) is 4.59. The molecule has 3 N–H and O–H groups in total. The van der Waals surface area contributed by atoms with Crippen LogP contribution in [-0.2, 0) is 14.8 Å². The number of fused-ring (bicyclic) bond motifs is 1. The Hall–Kier alpha value is -4.27. The molecule has 0 spiro atoms. The summed E-state index contributed by atoms with van der Waals surface area (Å²) in [6.45, 7) is 0.269. The second-order valence-corrected chi connectivity index (χ2v) is 9.79. The number of hydrogen-bond acceptors (Lipinski definition) is 10. The van der Waals surface area contributed by atoms with Gasteiger partial charge in [-0.15, -0.1) is 0 Å². The minimum atomic E-state index is -4.41. The van der Waals surface area contributed by atoms with E-state index in [1.807, 2.05) is 0 Å². The third-order valence-electron chi connectivity index (χ3n) is 5.45. The lowest BCUT2D eigenvalue weighted by Gasteiger charge is -2.19. The van der Waals surface area contributed by atoms with Gasteiger partial charge in [-0.2, -0.15) is 0 Å². The minimum Gasteiger partial charge on any atom is -0.497 e. The zero-order valence-corrected chi connectivity index (χ0v) is 22.3. The van der Waals surface area contributed by atoms with Crippen LogP contribution >= 0.6 is 0 Å². The van der Waals surface area contributed by atoms with E-state index in [9.17, 15) is 17.2 Å². The first-order valence-corrected chi connectivity index (χ1v) is 13.3. The molecule has 0 aliphatic heterocycles. The summed E-state index contributed by atoms with van der Waals surface area (Å²) < 4.78 is 77.7. The lowest BCUT2D eigenvalue weighted by Crippen LogP contribution is -2.16. The van der Waals surface area contributed by atoms with E-state index in [4.69, 9.17) is 24.1 Å². The van der Waals surface area contributed by atoms with E-state index in [1.165, 1.54) is 14.2 Å². The molecule has 14 heteroatoms. The summed E-state index contributed by atoms with van der Waals surface area (Å²) in [7, 11) is -1.52. The van der Waals surface area contributed by atoms with Gasteiger partial charge in [-0.05, 0) is 30.3 Å². The average Bonchev–Trinajstić information content (AvgIpc) is 2.94. The number of nitrogens with one attached hydrogen (secondary N) is 2. The summed E-state index contributed by atoms with van der Waals surface area (Å²) in [5.41, 5.74) is 1.10. The van der Waals surface area contributed by atoms with Gasteiger partial charge in [0.2, 0.25) is 0 Å². The molecule has 0 radical (unpaired) electrons. The van der Waals surface area contributed by atoms with E-state index >= 15 is 0 Å². The zero-order chi connectivity index (χ0) is 28.7. The molecule has 40 heavy (non-hydrogen) atoms. The van der Waals surface area contributed by atoms with Crippen LogP contribution in [0, 0.1) is 11.6 Å². The Morgan fingerprint density at radius 2 is 1.60 bits per heavy atom. The normalized spacial score (nSPS) is 11.3. The van der Waals surface area contributed by atoms with Crippen LogP contribution in [0.1, 0.15) is 0 Å². The Bertz CT molecular complexity index is 1610. The highest BCUT2D eigenvalue weighted by atomic mass is 32.2. The van der Waals surface area contributed by atoms with Gasteiger partial charge >= 0.3 is 0 Å². The second-order valence-electron chi connectivity index (χ2n) is 8.11. The summed E-state index contributed by atoms with van der Waals surface area (Å²) in [5, 5.41) is 11.9. The Kier molecular flexibility index (Phi) is 9.14. The highest BCUT2D eigenvalue weighted by Crippen LogP contribution is 2.41. The van der Waals surface area contributed by atoms with Crippen LogP contribution in [0.15, 0.2) is 59.5 Å². The molecular formula is C26H26F2N4O7S. The fraction of sp³-hybridized carbons (Fsp3) is 0.231. The number of aliphatic hydroxyl groups is 1. The topological polar surface area (TPSA) is 141 Å². The molecule has 4 rings (SSSR count). The van der Waals surface area contributed by atoms with Gasteiger partial charge in [-0.3, -0.25) is 4.72 Å². The van der Waals surface area contributed by atoms with Crippen molar-refractivity contribution in [1.29, 1.82) is 0 Å². The van der Waals surface area contributed by atoms with E-state index in [0.29, 0.717) is 34.7 Å². The summed E-state index contributed by atoms with van der Waals surface area (Å²) in [6, 6.07) is 12.1. The highest BCUT2D eigenvalue weighted by molar-refractivity contribution is 7.92. The third kappa shape index (κ3) is 6.65. The van der Waals surface area contributed by atoms with Gasteiger partial charge in [0, 0.05) is 12.1 Å². The van der Waals surface area contributed by atoms with Crippen molar-refractivity contribution in [3.8, 4) is 17.2 Å². The molecule has 0 saturated heterocycles. The van der Waals surface area contributed by atoms with Gasteiger partial charge in [0.25, 0.3) is 10.0 Å². The Morgan fingerprint density at radius 1 is 0.875 bits per heavy atom. The standard InChI is InChI=1S/C26H26F2N4O7S/c1-36-16-13-22(24(23(14-16)37-2)39-12-11-38-10-9-33)31-25-26(30-21-6-4-3-5-20(21)29-25)32-40(34,35)17-7-8-18(27)19(28)15-17/h3-8,13-15,33H,9-12H2,1-2H3,(H,29,31)(H,30,32). The van der Waals surface area contributed by atoms with Crippen LogP contribution in [0.5, 0.6) is 17.2 Å². The molecule has 212 valence electrons. The van der Waals surface area contributed by atoms with Crippen molar-refractivity contribution >= 4 is 38.4 Å². The van der Waals surface area contributed by atoms with Crippen LogP contribution in [0.2, 0.25) is 0 Å². The molecule has 1 heterocycles. The SMILES string of the molecule is COc1cc(Nc2nc3ccccc3nc2NS(=O)(=O)c2ccc(F)c(F)c2)c(OCCOCCO)c(OC)c1. The molecule has 0 aliphatic rings. The van der Waals surface area contributed by atoms with Crippen LogP contribution in [0.25, 0.3) is 11.0 Å². The molecule has 0 unspecified atom stereocenters. The first kappa shape index (κ1) is 28.7. The van der Waals surface area contributed by atoms with Crippen LogP contribution in [-0.4, -0.2) is 64.1 Å². The summed E-state index contributed by atoms with van der Waals surface area (Å²) >= 11 is 0. The molecule has 3 aromatic carbocycles. The van der Waals surface area contributed by atoms with Crippen molar-refractivity contribution in [2.45, 2.75) is 4.90 Å². The van der Waals surface area contributed by atoms with Gasteiger partial charge < -0.3 is 29.4 Å². The monoisotopic (exact) mass is 576 g/mol. The van der Waals surface area contributed by atoms with E-state index in [-0.39, 0.29) is 49.5 Å². The molecule has 0 aliphatic carbocycles. The molecule has 0 amide bonds. The molecule has 11 nitrogen and oxygen atoms in total. The maximum absolute atomic E-state index is 13.8. The van der Waals surface area contributed by atoms with Gasteiger partial charge in [0.05, 0.1) is 55.7 Å². The smallest absolute Gasteiger partial charge is 0.263 e. The van der Waals surface area contributed by atoms with E-state index in [0.717, 1.165) is 6.07 Å². The quantitative estimate of drug-likeness (QED) is 0.201. The average molecular weight is 577 g/mol. The van der Waals surface area contributed by atoms with Gasteiger partial charge in [0.1, 0.15) is 12.4 Å². The van der Waals surface area contributed by atoms with Crippen molar-refractivity contribution in [1.82, 2.24) is 9.97 Å². The summed E-state index contributed by atoms with van der Waals surface area (Å²) in [4.78, 5) is 8.42. The number of aromatic nitrogens is 2. The van der Waals surface area contributed by atoms with E-state index < -0.39 is 26.6 Å². The lowest BCUT2D eigenvalue weighted by molar-refractivity contribution is 0.0700. The molecule has 4 aromatic rings. The number of para-hydroxylation sites is 2. The molecule has 0 fully saturated rings. The molecular weight excluding hydrogens is 550 g/mol. The van der Waals surface area contributed by atoms with E-state index in [1.54, 1.807) is 36.4 Å². The largest absolute Gasteiger partial charge is 0.497 e. The maximum atomic E-state index is 13.8. The number of halogens is 2. The van der Waals surface area contributed by atoms with Gasteiger partial charge in [-0.25, -0.2) is 27.2 Å².